The number of methoxy groups -OCH3 is 2. The number of hydrogen-bond acceptors (Lipinski definition) is 4. The van der Waals surface area contributed by atoms with E-state index >= 15 is 0 Å². The van der Waals surface area contributed by atoms with Crippen molar-refractivity contribution >= 4 is 17.5 Å². The highest BCUT2D eigenvalue weighted by Gasteiger charge is 2.09. The van der Waals surface area contributed by atoms with Crippen molar-refractivity contribution < 1.29 is 19.0 Å². The van der Waals surface area contributed by atoms with Gasteiger partial charge < -0.3 is 19.5 Å². The molecule has 1 N–H and O–H groups in total. The van der Waals surface area contributed by atoms with E-state index in [4.69, 9.17) is 25.8 Å². The van der Waals surface area contributed by atoms with Crippen LogP contribution in [0.4, 0.5) is 0 Å². The number of carbonyl (C=O) groups excluding carboxylic acids is 1. The Morgan fingerprint density at radius 2 is 1.74 bits per heavy atom. The molecule has 2 aromatic rings. The van der Waals surface area contributed by atoms with Crippen molar-refractivity contribution in [2.24, 2.45) is 0 Å². The highest BCUT2D eigenvalue weighted by Crippen LogP contribution is 2.22. The molecule has 0 aromatic heterocycles. The Morgan fingerprint density at radius 1 is 1.04 bits per heavy atom. The lowest BCUT2D eigenvalue weighted by molar-refractivity contribution is 0.0946. The molecular weight excluding hydrogens is 318 g/mol. The second-order valence-electron chi connectivity index (χ2n) is 4.66. The summed E-state index contributed by atoms with van der Waals surface area (Å²) in [5.74, 6) is 1.56. The van der Waals surface area contributed by atoms with Crippen molar-refractivity contribution in [1.82, 2.24) is 5.32 Å². The summed E-state index contributed by atoms with van der Waals surface area (Å²) in [5, 5.41) is 3.38. The smallest absolute Gasteiger partial charge is 0.251 e. The summed E-state index contributed by atoms with van der Waals surface area (Å²) < 4.78 is 15.8. The Balaban J connectivity index is 1.87. The van der Waals surface area contributed by atoms with Crippen molar-refractivity contribution in [2.75, 3.05) is 27.4 Å². The SMILES string of the molecule is COc1cc(OC)cc(C(=O)NCCOc2cccc(Cl)c2)c1. The number of ether oxygens (including phenoxy) is 3. The van der Waals surface area contributed by atoms with E-state index in [1.807, 2.05) is 0 Å². The van der Waals surface area contributed by atoms with Gasteiger partial charge in [0, 0.05) is 16.7 Å². The molecule has 0 fully saturated rings. The van der Waals surface area contributed by atoms with Crippen LogP contribution in [0.25, 0.3) is 0 Å². The van der Waals surface area contributed by atoms with Crippen LogP contribution < -0.4 is 19.5 Å². The Morgan fingerprint density at radius 3 is 2.35 bits per heavy atom. The summed E-state index contributed by atoms with van der Waals surface area (Å²) in [6.45, 7) is 0.706. The predicted molar refractivity (Wildman–Crippen MR) is 88.8 cm³/mol. The first-order valence-corrected chi connectivity index (χ1v) is 7.40. The molecule has 0 saturated carbocycles. The van der Waals surface area contributed by atoms with Crippen LogP contribution in [0.3, 0.4) is 0 Å². The molecule has 23 heavy (non-hydrogen) atoms. The van der Waals surface area contributed by atoms with Crippen molar-refractivity contribution in [3.8, 4) is 17.2 Å². The Kier molecular flexibility index (Phi) is 6.11. The molecule has 0 saturated heterocycles. The zero-order chi connectivity index (χ0) is 16.7. The van der Waals surface area contributed by atoms with Crippen LogP contribution in [0, 0.1) is 0 Å². The standard InChI is InChI=1S/C17H18ClNO4/c1-21-15-8-12(9-16(11-15)22-2)17(20)19-6-7-23-14-5-3-4-13(18)10-14/h3-5,8-11H,6-7H2,1-2H3,(H,19,20). The fourth-order valence-corrected chi connectivity index (χ4v) is 2.11. The minimum Gasteiger partial charge on any atom is -0.497 e. The molecule has 1 amide bonds. The third kappa shape index (κ3) is 5.07. The molecule has 0 radical (unpaired) electrons. The quantitative estimate of drug-likeness (QED) is 0.790. The molecule has 0 spiro atoms. The Bertz CT molecular complexity index is 653. The van der Waals surface area contributed by atoms with E-state index < -0.39 is 0 Å². The zero-order valence-corrected chi connectivity index (χ0v) is 13.7. The second-order valence-corrected chi connectivity index (χ2v) is 5.10. The number of rotatable bonds is 7. The van der Waals surface area contributed by atoms with Gasteiger partial charge in [-0.25, -0.2) is 0 Å². The Hall–Kier alpha value is -2.40. The lowest BCUT2D eigenvalue weighted by atomic mass is 10.2. The molecule has 0 aliphatic rings. The van der Waals surface area contributed by atoms with Gasteiger partial charge in [0.1, 0.15) is 23.9 Å². The first kappa shape index (κ1) is 17.0. The summed E-state index contributed by atoms with van der Waals surface area (Å²) in [5.41, 5.74) is 0.462. The van der Waals surface area contributed by atoms with Gasteiger partial charge >= 0.3 is 0 Å². The fourth-order valence-electron chi connectivity index (χ4n) is 1.93. The highest BCUT2D eigenvalue weighted by atomic mass is 35.5. The van der Waals surface area contributed by atoms with Gasteiger partial charge in [0.15, 0.2) is 0 Å². The maximum Gasteiger partial charge on any atom is 0.251 e. The molecule has 6 heteroatoms. The minimum absolute atomic E-state index is 0.225. The van der Waals surface area contributed by atoms with Crippen LogP contribution in [-0.4, -0.2) is 33.3 Å². The number of nitrogens with one attached hydrogen (secondary N) is 1. The zero-order valence-electron chi connectivity index (χ0n) is 13.0. The molecule has 2 rings (SSSR count). The summed E-state index contributed by atoms with van der Waals surface area (Å²) in [6.07, 6.45) is 0. The Labute approximate surface area is 140 Å². The topological polar surface area (TPSA) is 56.8 Å². The van der Waals surface area contributed by atoms with Crippen LogP contribution >= 0.6 is 11.6 Å². The van der Waals surface area contributed by atoms with Crippen molar-refractivity contribution in [1.29, 1.82) is 0 Å². The molecule has 0 aliphatic heterocycles. The third-order valence-corrected chi connectivity index (χ3v) is 3.30. The summed E-state index contributed by atoms with van der Waals surface area (Å²) in [6, 6.07) is 12.1. The average Bonchev–Trinajstić information content (AvgIpc) is 2.58. The first-order chi connectivity index (χ1) is 11.1. The molecule has 0 heterocycles. The molecule has 0 aliphatic carbocycles. The van der Waals surface area contributed by atoms with Gasteiger partial charge in [0.05, 0.1) is 20.8 Å². The van der Waals surface area contributed by atoms with Crippen LogP contribution in [0.2, 0.25) is 5.02 Å². The summed E-state index contributed by atoms with van der Waals surface area (Å²) in [4.78, 5) is 12.1. The van der Waals surface area contributed by atoms with Crippen molar-refractivity contribution in [3.05, 3.63) is 53.1 Å². The lowest BCUT2D eigenvalue weighted by Gasteiger charge is -2.10. The second kappa shape index (κ2) is 8.29. The summed E-state index contributed by atoms with van der Waals surface area (Å²) >= 11 is 5.87. The number of amides is 1. The molecule has 2 aromatic carbocycles. The van der Waals surface area contributed by atoms with Crippen molar-refractivity contribution in [3.63, 3.8) is 0 Å². The molecule has 5 nitrogen and oxygen atoms in total. The van der Waals surface area contributed by atoms with Gasteiger partial charge in [-0.15, -0.1) is 0 Å². The van der Waals surface area contributed by atoms with Crippen LogP contribution in [-0.2, 0) is 0 Å². The van der Waals surface area contributed by atoms with E-state index in [9.17, 15) is 4.79 Å². The third-order valence-electron chi connectivity index (χ3n) is 3.07. The van der Waals surface area contributed by atoms with E-state index in [1.54, 1.807) is 42.5 Å². The molecular formula is C17H18ClNO4. The number of halogens is 1. The van der Waals surface area contributed by atoms with Crippen LogP contribution in [0.1, 0.15) is 10.4 Å². The van der Waals surface area contributed by atoms with Crippen molar-refractivity contribution in [2.45, 2.75) is 0 Å². The highest BCUT2D eigenvalue weighted by molar-refractivity contribution is 6.30. The largest absolute Gasteiger partial charge is 0.497 e. The monoisotopic (exact) mass is 335 g/mol. The van der Waals surface area contributed by atoms with E-state index in [-0.39, 0.29) is 5.91 Å². The van der Waals surface area contributed by atoms with Gasteiger partial charge in [0.2, 0.25) is 0 Å². The van der Waals surface area contributed by atoms with Gasteiger partial charge in [-0.3, -0.25) is 4.79 Å². The van der Waals surface area contributed by atoms with Gasteiger partial charge in [-0.1, -0.05) is 17.7 Å². The molecule has 122 valence electrons. The predicted octanol–water partition coefficient (Wildman–Crippen LogP) is 3.17. The van der Waals surface area contributed by atoms with Gasteiger partial charge in [-0.2, -0.15) is 0 Å². The van der Waals surface area contributed by atoms with Gasteiger partial charge in [-0.05, 0) is 30.3 Å². The van der Waals surface area contributed by atoms with E-state index in [0.717, 1.165) is 0 Å². The maximum absolute atomic E-state index is 12.1. The number of hydrogen-bond donors (Lipinski definition) is 1. The molecule has 0 unspecified atom stereocenters. The van der Waals surface area contributed by atoms with E-state index in [2.05, 4.69) is 5.32 Å². The minimum atomic E-state index is -0.225. The normalized spacial score (nSPS) is 10.0. The van der Waals surface area contributed by atoms with E-state index in [0.29, 0.717) is 41.0 Å². The molecule has 0 atom stereocenters. The summed E-state index contributed by atoms with van der Waals surface area (Å²) in [7, 11) is 3.07. The maximum atomic E-state index is 12.1. The number of benzene rings is 2. The lowest BCUT2D eigenvalue weighted by Crippen LogP contribution is -2.28. The van der Waals surface area contributed by atoms with Crippen LogP contribution in [0.5, 0.6) is 17.2 Å². The van der Waals surface area contributed by atoms with Crippen LogP contribution in [0.15, 0.2) is 42.5 Å². The molecule has 0 bridgehead atoms. The average molecular weight is 336 g/mol. The van der Waals surface area contributed by atoms with E-state index in [1.165, 1.54) is 14.2 Å². The first-order valence-electron chi connectivity index (χ1n) is 7.02. The number of carbonyl (C=O) groups is 1. The van der Waals surface area contributed by atoms with Gasteiger partial charge in [0.25, 0.3) is 5.91 Å². The fraction of sp³-hybridized carbons (Fsp3) is 0.235.